The van der Waals surface area contributed by atoms with Gasteiger partial charge in [-0.1, -0.05) is 72.5 Å². The van der Waals surface area contributed by atoms with Crippen molar-refractivity contribution in [1.82, 2.24) is 9.47 Å². The molecule has 3 aromatic rings. The number of para-hydroxylation sites is 1. The molecule has 1 atom stereocenters. The lowest BCUT2D eigenvalue weighted by Crippen LogP contribution is -2.34. The Kier molecular flexibility index (Phi) is 6.80. The maximum Gasteiger partial charge on any atom is 0.266 e. The lowest BCUT2D eigenvalue weighted by Gasteiger charge is -2.31. The number of aromatic nitrogens is 1. The summed E-state index contributed by atoms with van der Waals surface area (Å²) in [5, 5.41) is 1.05. The van der Waals surface area contributed by atoms with Crippen LogP contribution in [0.3, 0.4) is 0 Å². The number of rotatable bonds is 5. The standard InChI is InChI=1S/C28H29N3O2S2/c1-3-30-23-15-9-8-14-21(23)25(29-16-10-5-11-17-29)22(26(30)32)18-24-27(33)31(28(34)35-24)19(2)20-12-6-4-7-13-20/h4,6-9,12-15,18-19H,3,5,10-11,16-17H2,1-2H3. The van der Waals surface area contributed by atoms with Gasteiger partial charge in [-0.15, -0.1) is 0 Å². The highest BCUT2D eigenvalue weighted by molar-refractivity contribution is 8.26. The highest BCUT2D eigenvalue weighted by atomic mass is 32.2. The average molecular weight is 504 g/mol. The Balaban J connectivity index is 1.65. The van der Waals surface area contributed by atoms with Gasteiger partial charge in [-0.3, -0.25) is 14.5 Å². The molecule has 0 saturated carbocycles. The van der Waals surface area contributed by atoms with Crippen LogP contribution in [0.25, 0.3) is 17.0 Å². The number of benzene rings is 2. The van der Waals surface area contributed by atoms with E-state index in [1.165, 1.54) is 18.2 Å². The van der Waals surface area contributed by atoms with E-state index in [0.717, 1.165) is 48.1 Å². The van der Waals surface area contributed by atoms with Gasteiger partial charge in [0.2, 0.25) is 0 Å². The van der Waals surface area contributed by atoms with Gasteiger partial charge >= 0.3 is 0 Å². The number of thioether (sulfide) groups is 1. The molecule has 0 spiro atoms. The molecule has 2 saturated heterocycles. The van der Waals surface area contributed by atoms with Crippen LogP contribution in [-0.4, -0.2) is 32.8 Å². The summed E-state index contributed by atoms with van der Waals surface area (Å²) in [7, 11) is 0. The minimum atomic E-state index is -0.180. The van der Waals surface area contributed by atoms with E-state index in [0.29, 0.717) is 21.3 Å². The molecule has 35 heavy (non-hydrogen) atoms. The number of hydrogen-bond acceptors (Lipinski definition) is 5. The number of nitrogens with zero attached hydrogens (tertiary/aromatic N) is 3. The number of anilines is 1. The smallest absolute Gasteiger partial charge is 0.266 e. The van der Waals surface area contributed by atoms with E-state index in [1.54, 1.807) is 11.0 Å². The molecule has 0 aliphatic carbocycles. The predicted octanol–water partition coefficient (Wildman–Crippen LogP) is 5.97. The lowest BCUT2D eigenvalue weighted by atomic mass is 10.0. The summed E-state index contributed by atoms with van der Waals surface area (Å²) in [6.07, 6.45) is 5.19. The fourth-order valence-electron chi connectivity index (χ4n) is 5.14. The van der Waals surface area contributed by atoms with E-state index in [-0.39, 0.29) is 17.5 Å². The number of fused-ring (bicyclic) bond motifs is 1. The van der Waals surface area contributed by atoms with E-state index >= 15 is 0 Å². The molecule has 2 aliphatic heterocycles. The van der Waals surface area contributed by atoms with Crippen molar-refractivity contribution in [2.45, 2.75) is 45.7 Å². The molecule has 1 aromatic heterocycles. The van der Waals surface area contributed by atoms with Gasteiger partial charge in [0, 0.05) is 25.0 Å². The minimum Gasteiger partial charge on any atom is -0.370 e. The van der Waals surface area contributed by atoms with Crippen molar-refractivity contribution < 1.29 is 4.79 Å². The maximum absolute atomic E-state index is 13.8. The molecule has 7 heteroatoms. The summed E-state index contributed by atoms with van der Waals surface area (Å²) in [4.78, 5) is 31.9. The second-order valence-corrected chi connectivity index (χ2v) is 10.7. The molecule has 3 heterocycles. The SMILES string of the molecule is CCn1c(=O)c(C=C2SC(=S)N(C(C)c3ccccc3)C2=O)c(N2CCCCC2)c2ccccc21. The molecule has 0 bridgehead atoms. The van der Waals surface area contributed by atoms with Crippen molar-refractivity contribution in [1.29, 1.82) is 0 Å². The van der Waals surface area contributed by atoms with Crippen LogP contribution in [0.5, 0.6) is 0 Å². The van der Waals surface area contributed by atoms with E-state index in [4.69, 9.17) is 12.2 Å². The lowest BCUT2D eigenvalue weighted by molar-refractivity contribution is -0.123. The van der Waals surface area contributed by atoms with Gasteiger partial charge < -0.3 is 9.47 Å². The third kappa shape index (κ3) is 4.32. The highest BCUT2D eigenvalue weighted by Crippen LogP contribution is 2.40. The van der Waals surface area contributed by atoms with Crippen LogP contribution in [0.4, 0.5) is 5.69 Å². The highest BCUT2D eigenvalue weighted by Gasteiger charge is 2.36. The van der Waals surface area contributed by atoms with Crippen LogP contribution in [-0.2, 0) is 11.3 Å². The van der Waals surface area contributed by atoms with Crippen molar-refractivity contribution in [3.8, 4) is 0 Å². The first kappa shape index (κ1) is 23.8. The first-order valence-corrected chi connectivity index (χ1v) is 13.5. The quantitative estimate of drug-likeness (QED) is 0.317. The van der Waals surface area contributed by atoms with Gasteiger partial charge in [-0.25, -0.2) is 0 Å². The average Bonchev–Trinajstić information content (AvgIpc) is 3.17. The van der Waals surface area contributed by atoms with Crippen LogP contribution in [0.1, 0.15) is 50.3 Å². The van der Waals surface area contributed by atoms with Crippen LogP contribution >= 0.6 is 24.0 Å². The van der Waals surface area contributed by atoms with Gasteiger partial charge in [0.05, 0.1) is 27.7 Å². The summed E-state index contributed by atoms with van der Waals surface area (Å²) in [6, 6.07) is 17.8. The third-order valence-electron chi connectivity index (χ3n) is 6.94. The Bertz CT molecular complexity index is 1370. The molecule has 0 N–H and O–H groups in total. The Morgan fingerprint density at radius 1 is 1.00 bits per heavy atom. The summed E-state index contributed by atoms with van der Waals surface area (Å²) in [5.41, 5.74) is 3.42. The van der Waals surface area contributed by atoms with Crippen molar-refractivity contribution in [2.24, 2.45) is 0 Å². The Labute approximate surface area is 215 Å². The molecule has 1 unspecified atom stereocenters. The van der Waals surface area contributed by atoms with Crippen LogP contribution in [0.2, 0.25) is 0 Å². The van der Waals surface area contributed by atoms with Crippen molar-refractivity contribution in [2.75, 3.05) is 18.0 Å². The molecular weight excluding hydrogens is 474 g/mol. The predicted molar refractivity (Wildman–Crippen MR) is 150 cm³/mol. The second kappa shape index (κ2) is 9.99. The van der Waals surface area contributed by atoms with Gasteiger partial charge in [-0.05, 0) is 50.8 Å². The third-order valence-corrected chi connectivity index (χ3v) is 8.27. The van der Waals surface area contributed by atoms with E-state index in [9.17, 15) is 9.59 Å². The van der Waals surface area contributed by atoms with Gasteiger partial charge in [-0.2, -0.15) is 0 Å². The first-order chi connectivity index (χ1) is 17.0. The summed E-state index contributed by atoms with van der Waals surface area (Å²) >= 11 is 6.92. The number of carbonyl (C=O) groups excluding carboxylic acids is 1. The zero-order valence-corrected chi connectivity index (χ0v) is 21.7. The number of aryl methyl sites for hydroxylation is 1. The zero-order valence-electron chi connectivity index (χ0n) is 20.1. The molecule has 5 nitrogen and oxygen atoms in total. The summed E-state index contributed by atoms with van der Waals surface area (Å²) in [6.45, 7) is 6.35. The Morgan fingerprint density at radius 3 is 2.40 bits per heavy atom. The molecule has 2 aliphatic rings. The zero-order chi connectivity index (χ0) is 24.5. The van der Waals surface area contributed by atoms with Crippen molar-refractivity contribution in [3.63, 3.8) is 0 Å². The van der Waals surface area contributed by atoms with Gasteiger partial charge in [0.15, 0.2) is 0 Å². The molecule has 0 radical (unpaired) electrons. The Morgan fingerprint density at radius 2 is 1.69 bits per heavy atom. The number of pyridine rings is 1. The van der Waals surface area contributed by atoms with Crippen LogP contribution in [0, 0.1) is 0 Å². The number of amides is 1. The molecular formula is C28H29N3O2S2. The van der Waals surface area contributed by atoms with Crippen molar-refractivity contribution >= 4 is 56.9 Å². The van der Waals surface area contributed by atoms with Crippen LogP contribution < -0.4 is 10.5 Å². The van der Waals surface area contributed by atoms with E-state index in [2.05, 4.69) is 11.0 Å². The monoisotopic (exact) mass is 503 g/mol. The number of carbonyl (C=O) groups is 1. The largest absolute Gasteiger partial charge is 0.370 e. The number of hydrogen-bond donors (Lipinski definition) is 0. The fraction of sp³-hybridized carbons (Fsp3) is 0.321. The van der Waals surface area contributed by atoms with Gasteiger partial charge in [0.1, 0.15) is 4.32 Å². The number of piperidine rings is 1. The molecule has 2 fully saturated rings. The second-order valence-electron chi connectivity index (χ2n) is 9.01. The molecule has 1 amide bonds. The van der Waals surface area contributed by atoms with Crippen molar-refractivity contribution in [3.05, 3.63) is 81.0 Å². The molecule has 5 rings (SSSR count). The summed E-state index contributed by atoms with van der Waals surface area (Å²) < 4.78 is 2.33. The molecule has 180 valence electrons. The number of thiocarbonyl (C=S) groups is 1. The summed E-state index contributed by atoms with van der Waals surface area (Å²) in [5.74, 6) is -0.142. The first-order valence-electron chi connectivity index (χ1n) is 12.2. The normalized spacial score (nSPS) is 18.6. The molecule has 2 aromatic carbocycles. The van der Waals surface area contributed by atoms with E-state index in [1.807, 2.05) is 66.9 Å². The van der Waals surface area contributed by atoms with Gasteiger partial charge in [0.25, 0.3) is 11.5 Å². The minimum absolute atomic E-state index is 0.0619. The fourth-order valence-corrected chi connectivity index (χ4v) is 6.54. The van der Waals surface area contributed by atoms with Crippen LogP contribution in [0.15, 0.2) is 64.3 Å². The Hall–Kier alpha value is -2.90. The van der Waals surface area contributed by atoms with E-state index < -0.39 is 0 Å². The topological polar surface area (TPSA) is 45.6 Å². The maximum atomic E-state index is 13.8.